The van der Waals surface area contributed by atoms with Gasteiger partial charge in [0.2, 0.25) is 0 Å². The maximum absolute atomic E-state index is 8.85. The van der Waals surface area contributed by atoms with Crippen LogP contribution in [-0.4, -0.2) is 9.55 Å². The fraction of sp³-hybridized carbons (Fsp3) is 0.0513. The van der Waals surface area contributed by atoms with Crippen molar-refractivity contribution in [3.8, 4) is 39.1 Å². The highest BCUT2D eigenvalue weighted by molar-refractivity contribution is 6.25. The van der Waals surface area contributed by atoms with Crippen molar-refractivity contribution in [1.82, 2.24) is 9.55 Å². The largest absolute Gasteiger partial charge is 0.295 e. The molecule has 0 radical (unpaired) electrons. The average Bonchev–Trinajstić information content (AvgIpc) is 3.61. The third-order valence-corrected chi connectivity index (χ3v) is 8.62. The standard InChI is InChI=1S/C39H26N2/c1-2-36-40-34-20-9-10-21-35(34)41(36)39-32-16-7-5-14-28(32)38(29-15-6-8-17-33(29)39)31-23-22-30-25-13-4-3-12-24(25)26-18-11-19-27(31)37(26)30/h3-23H,2H2,1H3/i1D3,2D2. The van der Waals surface area contributed by atoms with Gasteiger partial charge in [-0.1, -0.05) is 122 Å². The van der Waals surface area contributed by atoms with Crippen LogP contribution in [0.25, 0.3) is 82.4 Å². The molecule has 1 heterocycles. The number of fused-ring (bicyclic) bond motifs is 6. The van der Waals surface area contributed by atoms with Gasteiger partial charge in [-0.2, -0.15) is 0 Å². The molecule has 0 saturated heterocycles. The Morgan fingerprint density at radius 3 is 1.85 bits per heavy atom. The van der Waals surface area contributed by atoms with Crippen molar-refractivity contribution in [3.63, 3.8) is 0 Å². The van der Waals surface area contributed by atoms with Gasteiger partial charge in [-0.05, 0) is 67.1 Å². The lowest BCUT2D eigenvalue weighted by Crippen LogP contribution is -2.03. The van der Waals surface area contributed by atoms with Gasteiger partial charge in [-0.15, -0.1) is 0 Å². The predicted molar refractivity (Wildman–Crippen MR) is 173 cm³/mol. The summed E-state index contributed by atoms with van der Waals surface area (Å²) in [7, 11) is 0. The van der Waals surface area contributed by atoms with Crippen LogP contribution < -0.4 is 0 Å². The molecule has 2 heteroatoms. The Balaban J connectivity index is 1.44. The summed E-state index contributed by atoms with van der Waals surface area (Å²) in [5, 5.41) is 6.16. The van der Waals surface area contributed by atoms with E-state index in [-0.39, 0.29) is 5.82 Å². The third-order valence-electron chi connectivity index (χ3n) is 8.62. The first-order valence-corrected chi connectivity index (χ1v) is 13.8. The molecule has 0 atom stereocenters. The molecule has 8 aromatic rings. The smallest absolute Gasteiger partial charge is 0.114 e. The Bertz CT molecular complexity index is 2470. The van der Waals surface area contributed by atoms with Crippen molar-refractivity contribution in [2.75, 3.05) is 0 Å². The first-order valence-electron chi connectivity index (χ1n) is 16.3. The van der Waals surface area contributed by atoms with Crippen molar-refractivity contribution in [1.29, 1.82) is 0 Å². The van der Waals surface area contributed by atoms with E-state index in [4.69, 9.17) is 6.85 Å². The van der Waals surface area contributed by atoms with Crippen LogP contribution in [0.2, 0.25) is 0 Å². The number of imidazole rings is 1. The van der Waals surface area contributed by atoms with Crippen LogP contribution in [0.3, 0.4) is 0 Å². The monoisotopic (exact) mass is 527 g/mol. The van der Waals surface area contributed by atoms with E-state index in [2.05, 4.69) is 71.7 Å². The molecule has 1 aromatic heterocycles. The molecule has 0 unspecified atom stereocenters. The summed E-state index contributed by atoms with van der Waals surface area (Å²) in [6, 6.07) is 43.2. The third kappa shape index (κ3) is 2.99. The second-order valence-corrected chi connectivity index (χ2v) is 10.6. The Morgan fingerprint density at radius 1 is 0.561 bits per heavy atom. The van der Waals surface area contributed by atoms with Crippen LogP contribution in [0.5, 0.6) is 0 Å². The zero-order chi connectivity index (χ0) is 31.4. The highest BCUT2D eigenvalue weighted by atomic mass is 15.1. The minimum absolute atomic E-state index is 0.139. The van der Waals surface area contributed by atoms with Crippen LogP contribution >= 0.6 is 0 Å². The minimum Gasteiger partial charge on any atom is -0.295 e. The molecule has 7 aromatic carbocycles. The molecule has 0 amide bonds. The molecule has 2 nitrogen and oxygen atoms in total. The van der Waals surface area contributed by atoms with Gasteiger partial charge in [-0.3, -0.25) is 4.57 Å². The molecule has 9 rings (SSSR count). The molecular formula is C39H26N2. The fourth-order valence-electron chi connectivity index (χ4n) is 7.00. The van der Waals surface area contributed by atoms with Crippen LogP contribution in [0, 0.1) is 0 Å². The van der Waals surface area contributed by atoms with Gasteiger partial charge in [0.15, 0.2) is 0 Å². The topological polar surface area (TPSA) is 17.8 Å². The molecule has 192 valence electrons. The van der Waals surface area contributed by atoms with Gasteiger partial charge in [0, 0.05) is 24.0 Å². The lowest BCUT2D eigenvalue weighted by molar-refractivity contribution is 0.917. The van der Waals surface area contributed by atoms with Crippen LogP contribution in [0.4, 0.5) is 0 Å². The number of benzene rings is 7. The first-order chi connectivity index (χ1) is 22.3. The number of para-hydroxylation sites is 2. The summed E-state index contributed by atoms with van der Waals surface area (Å²) in [5.41, 5.74) is 9.05. The molecular weight excluding hydrogens is 496 g/mol. The summed E-state index contributed by atoms with van der Waals surface area (Å²) in [5.74, 6) is -0.139. The zero-order valence-corrected chi connectivity index (χ0v) is 22.0. The molecule has 0 bridgehead atoms. The summed E-state index contributed by atoms with van der Waals surface area (Å²) in [6.07, 6.45) is -2.71. The molecule has 1 aliphatic rings. The quantitative estimate of drug-likeness (QED) is 0.209. The number of aryl methyl sites for hydroxylation is 1. The summed E-state index contributed by atoms with van der Waals surface area (Å²) < 4.78 is 43.9. The summed E-state index contributed by atoms with van der Waals surface area (Å²) in [6.45, 7) is -2.93. The predicted octanol–water partition coefficient (Wildman–Crippen LogP) is 10.4. The van der Waals surface area contributed by atoms with Crippen LogP contribution in [-0.2, 0) is 6.37 Å². The maximum Gasteiger partial charge on any atom is 0.114 e. The first kappa shape index (κ1) is 18.2. The van der Waals surface area contributed by atoms with Crippen molar-refractivity contribution >= 4 is 43.4 Å². The zero-order valence-electron chi connectivity index (χ0n) is 27.0. The van der Waals surface area contributed by atoms with Gasteiger partial charge in [0.05, 0.1) is 16.7 Å². The van der Waals surface area contributed by atoms with Gasteiger partial charge in [-0.25, -0.2) is 4.98 Å². The highest BCUT2D eigenvalue weighted by Gasteiger charge is 2.25. The lowest BCUT2D eigenvalue weighted by Gasteiger charge is -2.20. The number of hydrogen-bond acceptors (Lipinski definition) is 1. The van der Waals surface area contributed by atoms with E-state index in [1.807, 2.05) is 54.6 Å². The van der Waals surface area contributed by atoms with Crippen molar-refractivity contribution < 1.29 is 6.85 Å². The van der Waals surface area contributed by atoms with Crippen molar-refractivity contribution in [3.05, 3.63) is 133 Å². The number of nitrogens with zero attached hydrogens (tertiary/aromatic N) is 2. The number of rotatable bonds is 3. The van der Waals surface area contributed by atoms with Gasteiger partial charge in [0.25, 0.3) is 0 Å². The molecule has 0 saturated carbocycles. The summed E-state index contributed by atoms with van der Waals surface area (Å²) >= 11 is 0. The molecule has 0 N–H and O–H groups in total. The van der Waals surface area contributed by atoms with Crippen molar-refractivity contribution in [2.45, 2.75) is 13.2 Å². The number of aromatic nitrogens is 2. The van der Waals surface area contributed by atoms with E-state index in [1.165, 1.54) is 33.0 Å². The van der Waals surface area contributed by atoms with Crippen molar-refractivity contribution in [2.24, 2.45) is 0 Å². The maximum atomic E-state index is 8.85. The van der Waals surface area contributed by atoms with Gasteiger partial charge in [0.1, 0.15) is 5.82 Å². The fourth-order valence-corrected chi connectivity index (χ4v) is 7.00. The Hall–Kier alpha value is -5.21. The summed E-state index contributed by atoms with van der Waals surface area (Å²) in [4.78, 5) is 4.64. The average molecular weight is 528 g/mol. The van der Waals surface area contributed by atoms with E-state index in [0.717, 1.165) is 32.7 Å². The van der Waals surface area contributed by atoms with E-state index in [9.17, 15) is 0 Å². The van der Waals surface area contributed by atoms with Gasteiger partial charge >= 0.3 is 0 Å². The second-order valence-electron chi connectivity index (χ2n) is 10.6. The van der Waals surface area contributed by atoms with E-state index < -0.39 is 13.2 Å². The highest BCUT2D eigenvalue weighted by Crippen LogP contribution is 2.51. The van der Waals surface area contributed by atoms with E-state index in [1.54, 1.807) is 10.6 Å². The molecule has 0 fully saturated rings. The minimum atomic E-state index is -2.93. The van der Waals surface area contributed by atoms with Gasteiger partial charge < -0.3 is 0 Å². The Kier molecular flexibility index (Phi) is 3.73. The van der Waals surface area contributed by atoms with E-state index >= 15 is 0 Å². The normalized spacial score (nSPS) is 14.6. The van der Waals surface area contributed by atoms with Crippen LogP contribution in [0.15, 0.2) is 127 Å². The van der Waals surface area contributed by atoms with Crippen LogP contribution in [0.1, 0.15) is 19.5 Å². The second kappa shape index (κ2) is 8.39. The Morgan fingerprint density at radius 2 is 1.12 bits per heavy atom. The Labute approximate surface area is 245 Å². The molecule has 0 spiro atoms. The molecule has 1 aliphatic carbocycles. The molecule has 41 heavy (non-hydrogen) atoms. The number of hydrogen-bond donors (Lipinski definition) is 0. The lowest BCUT2D eigenvalue weighted by atomic mass is 9.87. The van der Waals surface area contributed by atoms with E-state index in [0.29, 0.717) is 16.7 Å². The molecule has 0 aliphatic heterocycles. The SMILES string of the molecule is [2H]C([2H])([2H])C([2H])([2H])c1nc2ccccc2n1-c1c2ccccc2c(-c2ccc3c4c(cccc24)-c2ccccc2-3)c2ccccc12.